The molecule has 0 amide bonds. The van der Waals surface area contributed by atoms with Crippen molar-refractivity contribution in [3.63, 3.8) is 0 Å². The van der Waals surface area contributed by atoms with Crippen LogP contribution < -0.4 is 5.46 Å². The fourth-order valence-electron chi connectivity index (χ4n) is 5.33. The molecule has 0 unspecified atom stereocenters. The monoisotopic (exact) mass is 726 g/mol. The first kappa shape index (κ1) is 40.0. The number of hydrogen-bond acceptors (Lipinski definition) is 10. The highest BCUT2D eigenvalue weighted by Gasteiger charge is 2.63. The van der Waals surface area contributed by atoms with Gasteiger partial charge in [-0.15, -0.1) is 0 Å². The van der Waals surface area contributed by atoms with Crippen molar-refractivity contribution in [2.75, 3.05) is 0 Å². The maximum Gasteiger partial charge on any atom is 0.494 e. The fourth-order valence-corrected chi connectivity index (χ4v) is 5.52. The smallest absolute Gasteiger partial charge is 0.405 e. The lowest BCUT2D eigenvalue weighted by molar-refractivity contribution is 0.00578. The van der Waals surface area contributed by atoms with Crippen LogP contribution in [0.3, 0.4) is 0 Å². The molecule has 5 heterocycles. The SMILES string of the molecule is CC1(C)OB(B2OC(C)(C)C(C)(C)O2)OC1(C)C.CC1(C)OB(c2cccc(-c3ncccn3)c2)OC1(C)C.Clc1cccc(-c2ncccn2)c1. The van der Waals surface area contributed by atoms with Crippen LogP contribution in [0.1, 0.15) is 83.1 Å². The summed E-state index contributed by atoms with van der Waals surface area (Å²) in [6.07, 6.45) is 6.90. The predicted molar refractivity (Wildman–Crippen MR) is 208 cm³/mol. The molecule has 3 saturated heterocycles. The summed E-state index contributed by atoms with van der Waals surface area (Å²) >= 11 is 5.84. The van der Waals surface area contributed by atoms with Crippen molar-refractivity contribution in [2.24, 2.45) is 0 Å². The van der Waals surface area contributed by atoms with Gasteiger partial charge < -0.3 is 27.9 Å². The molecule has 4 aromatic rings. The van der Waals surface area contributed by atoms with Crippen LogP contribution in [0, 0.1) is 0 Å². The van der Waals surface area contributed by atoms with Gasteiger partial charge in [0.2, 0.25) is 0 Å². The Kier molecular flexibility index (Phi) is 11.5. The van der Waals surface area contributed by atoms with E-state index in [9.17, 15) is 0 Å². The van der Waals surface area contributed by atoms with E-state index in [1.807, 2.05) is 110 Å². The van der Waals surface area contributed by atoms with E-state index in [4.69, 9.17) is 39.5 Å². The van der Waals surface area contributed by atoms with Crippen molar-refractivity contribution in [1.29, 1.82) is 0 Å². The Hall–Kier alpha value is -3.16. The summed E-state index contributed by atoms with van der Waals surface area (Å²) in [6, 6.07) is 19.1. The van der Waals surface area contributed by atoms with Crippen molar-refractivity contribution < 1.29 is 27.9 Å². The standard InChI is InChI=1S/C16H19BN2O2.C12H24B2O4.C10H7ClN2/c1-15(2)16(3,4)21-17(20-15)13-8-5-7-12(11-13)14-18-9-6-10-19-14;1-9(2)10(3,4)16-13(15-9)14-17-11(5,6)12(7,8)18-14;11-9-4-1-3-8(7-9)10-12-5-2-6-13-10/h5-11H,1-4H3;1-8H3;1-7H. The van der Waals surface area contributed by atoms with Crippen LogP contribution in [0.5, 0.6) is 0 Å². The summed E-state index contributed by atoms with van der Waals surface area (Å²) in [5, 5.41) is 0.699. The molecule has 0 spiro atoms. The Morgan fingerprint density at radius 3 is 1.17 bits per heavy atom. The van der Waals surface area contributed by atoms with E-state index in [1.165, 1.54) is 0 Å². The van der Waals surface area contributed by atoms with Crippen LogP contribution in [-0.4, -0.2) is 74.7 Å². The molecule has 0 atom stereocenters. The Balaban J connectivity index is 0.000000155. The average molecular weight is 727 g/mol. The van der Waals surface area contributed by atoms with Crippen molar-refractivity contribution in [2.45, 2.75) is 117 Å². The zero-order chi connectivity index (χ0) is 38.2. The summed E-state index contributed by atoms with van der Waals surface area (Å²) in [6.45, 7) is 24.4. The van der Waals surface area contributed by atoms with E-state index in [0.29, 0.717) is 16.7 Å². The van der Waals surface area contributed by atoms with Gasteiger partial charge in [-0.05, 0) is 113 Å². The third-order valence-electron chi connectivity index (χ3n) is 10.6. The lowest BCUT2D eigenvalue weighted by Gasteiger charge is -2.32. The molecule has 52 heavy (non-hydrogen) atoms. The minimum absolute atomic E-state index is 0.336. The Bertz CT molecular complexity index is 1730. The quantitative estimate of drug-likeness (QED) is 0.197. The third-order valence-corrected chi connectivity index (χ3v) is 10.9. The minimum atomic E-state index is -0.476. The molecule has 3 aliphatic rings. The van der Waals surface area contributed by atoms with Crippen molar-refractivity contribution in [3.8, 4) is 22.8 Å². The molecular formula is C38H50B3ClN4O6. The van der Waals surface area contributed by atoms with E-state index < -0.39 is 14.0 Å². The Morgan fingerprint density at radius 1 is 0.442 bits per heavy atom. The van der Waals surface area contributed by atoms with Gasteiger partial charge in [0, 0.05) is 40.9 Å². The van der Waals surface area contributed by atoms with Gasteiger partial charge in [-0.3, -0.25) is 0 Å². The van der Waals surface area contributed by atoms with E-state index in [0.717, 1.165) is 16.6 Å². The molecule has 3 fully saturated rings. The lowest BCUT2D eigenvalue weighted by Crippen LogP contribution is -2.41. The molecule has 0 radical (unpaired) electrons. The van der Waals surface area contributed by atoms with Crippen LogP contribution in [0.15, 0.2) is 85.5 Å². The van der Waals surface area contributed by atoms with Crippen molar-refractivity contribution in [3.05, 3.63) is 90.5 Å². The van der Waals surface area contributed by atoms with E-state index in [2.05, 4.69) is 47.6 Å². The summed E-state index contributed by atoms with van der Waals surface area (Å²) in [5.41, 5.74) is 0.772. The number of aromatic nitrogens is 4. The molecule has 14 heteroatoms. The van der Waals surface area contributed by atoms with E-state index >= 15 is 0 Å². The molecule has 0 N–H and O–H groups in total. The van der Waals surface area contributed by atoms with Crippen LogP contribution in [0.4, 0.5) is 0 Å². The number of nitrogens with zero attached hydrogens (tertiary/aromatic N) is 4. The first-order chi connectivity index (χ1) is 24.1. The van der Waals surface area contributed by atoms with E-state index in [-0.39, 0.29) is 40.7 Å². The maximum atomic E-state index is 6.08. The van der Waals surface area contributed by atoms with Crippen LogP contribution in [-0.2, 0) is 27.9 Å². The second-order valence-corrected chi connectivity index (χ2v) is 16.6. The second kappa shape index (κ2) is 14.9. The molecule has 10 nitrogen and oxygen atoms in total. The molecule has 0 aliphatic carbocycles. The van der Waals surface area contributed by atoms with Gasteiger partial charge >= 0.3 is 21.1 Å². The van der Waals surface area contributed by atoms with Gasteiger partial charge in [-0.25, -0.2) is 19.9 Å². The first-order valence-corrected chi connectivity index (χ1v) is 18.0. The molecule has 0 bridgehead atoms. The maximum absolute atomic E-state index is 6.08. The molecule has 7 rings (SSSR count). The topological polar surface area (TPSA) is 107 Å². The van der Waals surface area contributed by atoms with Gasteiger partial charge in [-0.1, -0.05) is 48.0 Å². The summed E-state index contributed by atoms with van der Waals surface area (Å²) in [7, 11) is -1.31. The zero-order valence-electron chi connectivity index (χ0n) is 32.4. The molecule has 2 aromatic heterocycles. The number of halogens is 1. The predicted octanol–water partition coefficient (Wildman–Crippen LogP) is 7.49. The number of benzene rings is 2. The lowest BCUT2D eigenvalue weighted by atomic mass is 9.49. The van der Waals surface area contributed by atoms with Crippen LogP contribution in [0.25, 0.3) is 22.8 Å². The highest BCUT2D eigenvalue weighted by atomic mass is 35.5. The number of rotatable bonds is 4. The largest absolute Gasteiger partial charge is 0.494 e. The Labute approximate surface area is 315 Å². The van der Waals surface area contributed by atoms with Crippen LogP contribution in [0.2, 0.25) is 5.02 Å². The molecule has 2 aromatic carbocycles. The fraction of sp³-hybridized carbons (Fsp3) is 0.474. The second-order valence-electron chi connectivity index (χ2n) is 16.1. The first-order valence-electron chi connectivity index (χ1n) is 17.6. The highest BCUT2D eigenvalue weighted by Crippen LogP contribution is 2.43. The van der Waals surface area contributed by atoms with Gasteiger partial charge in [0.25, 0.3) is 0 Å². The van der Waals surface area contributed by atoms with Gasteiger partial charge in [0.05, 0.1) is 33.6 Å². The third kappa shape index (κ3) is 8.79. The van der Waals surface area contributed by atoms with Gasteiger partial charge in [0.15, 0.2) is 11.6 Å². The summed E-state index contributed by atoms with van der Waals surface area (Å²) in [5.74, 6) is 1.40. The summed E-state index contributed by atoms with van der Waals surface area (Å²) < 4.78 is 36.0. The number of hydrogen-bond donors (Lipinski definition) is 0. The normalized spacial score (nSPS) is 21.5. The average Bonchev–Trinajstić information content (AvgIpc) is 3.55. The van der Waals surface area contributed by atoms with Crippen molar-refractivity contribution >= 4 is 38.2 Å². The van der Waals surface area contributed by atoms with Gasteiger partial charge in [0.1, 0.15) is 0 Å². The highest BCUT2D eigenvalue weighted by molar-refractivity contribution is 7.11. The van der Waals surface area contributed by atoms with E-state index in [1.54, 1.807) is 30.9 Å². The molecule has 274 valence electrons. The molecule has 3 aliphatic heterocycles. The van der Waals surface area contributed by atoms with Crippen molar-refractivity contribution in [1.82, 2.24) is 19.9 Å². The molecule has 0 saturated carbocycles. The minimum Gasteiger partial charge on any atom is -0.405 e. The summed E-state index contributed by atoms with van der Waals surface area (Å²) in [4.78, 5) is 16.8. The van der Waals surface area contributed by atoms with Crippen LogP contribution >= 0.6 is 11.6 Å². The zero-order valence-corrected chi connectivity index (χ0v) is 33.2. The Morgan fingerprint density at radius 2 is 0.788 bits per heavy atom. The molecular weight excluding hydrogens is 676 g/mol. The van der Waals surface area contributed by atoms with Gasteiger partial charge in [-0.2, -0.15) is 0 Å².